The van der Waals surface area contributed by atoms with Crippen LogP contribution in [0.2, 0.25) is 5.02 Å². The minimum absolute atomic E-state index is 0.263. The number of nitrogens with zero attached hydrogens (tertiary/aromatic N) is 4. The molecule has 2 N–H and O–H groups in total. The topological polar surface area (TPSA) is 106 Å². The highest BCUT2D eigenvalue weighted by atomic mass is 35.5. The van der Waals surface area contributed by atoms with E-state index >= 15 is 0 Å². The van der Waals surface area contributed by atoms with Crippen molar-refractivity contribution in [3.63, 3.8) is 0 Å². The lowest BCUT2D eigenvalue weighted by Crippen LogP contribution is -2.29. The van der Waals surface area contributed by atoms with E-state index in [4.69, 9.17) is 16.3 Å². The van der Waals surface area contributed by atoms with Crippen LogP contribution < -0.4 is 16.7 Å². The summed E-state index contributed by atoms with van der Waals surface area (Å²) < 4.78 is 7.98. The smallest absolute Gasteiger partial charge is 0.329 e. The molecule has 3 rings (SSSR count). The molecule has 0 fully saturated rings. The van der Waals surface area contributed by atoms with Gasteiger partial charge in [0, 0.05) is 25.7 Å². The second-order valence-corrected chi connectivity index (χ2v) is 5.93. The van der Waals surface area contributed by atoms with Crippen LogP contribution in [0.25, 0.3) is 11.2 Å². The summed E-state index contributed by atoms with van der Waals surface area (Å²) in [6, 6.07) is 7.14. The lowest BCUT2D eigenvalue weighted by Gasteiger charge is -2.07. The van der Waals surface area contributed by atoms with Crippen LogP contribution in [-0.2, 0) is 18.3 Å². The van der Waals surface area contributed by atoms with Gasteiger partial charge in [-0.25, -0.2) is 10.2 Å². The summed E-state index contributed by atoms with van der Waals surface area (Å²) >= 11 is 5.85. The van der Waals surface area contributed by atoms with Crippen LogP contribution in [0.5, 0.6) is 0 Å². The number of anilines is 1. The molecule has 0 spiro atoms. The molecular formula is C16H17ClN6O3. The predicted molar refractivity (Wildman–Crippen MR) is 100 cm³/mol. The molecule has 0 saturated heterocycles. The highest BCUT2D eigenvalue weighted by Gasteiger charge is 2.16. The molecule has 1 aromatic carbocycles. The third-order valence-electron chi connectivity index (χ3n) is 3.77. The molecule has 0 radical (unpaired) electrons. The average Bonchev–Trinajstić information content (AvgIpc) is 2.99. The number of halogens is 1. The number of hydrazone groups is 1. The number of hydrogen-bond donors (Lipinski definition) is 2. The van der Waals surface area contributed by atoms with E-state index in [1.807, 2.05) is 12.1 Å². The van der Waals surface area contributed by atoms with Gasteiger partial charge < -0.3 is 9.30 Å². The maximum absolute atomic E-state index is 12.2. The summed E-state index contributed by atoms with van der Waals surface area (Å²) in [7, 11) is 3.10. The second-order valence-electron chi connectivity index (χ2n) is 5.49. The summed E-state index contributed by atoms with van der Waals surface area (Å²) in [4.78, 5) is 30.6. The molecule has 0 aliphatic heterocycles. The third-order valence-corrected chi connectivity index (χ3v) is 4.03. The Morgan fingerprint density at radius 3 is 2.77 bits per heavy atom. The summed E-state index contributed by atoms with van der Waals surface area (Å²) in [6.45, 7) is 0.733. The Kier molecular flexibility index (Phi) is 5.19. The number of aromatic amines is 1. The van der Waals surface area contributed by atoms with E-state index in [1.54, 1.807) is 30.0 Å². The predicted octanol–water partition coefficient (Wildman–Crippen LogP) is 1.17. The number of rotatable bonds is 6. The molecule has 0 atom stereocenters. The monoisotopic (exact) mass is 376 g/mol. The fourth-order valence-electron chi connectivity index (χ4n) is 2.43. The maximum atomic E-state index is 12.2. The van der Waals surface area contributed by atoms with E-state index in [0.717, 1.165) is 5.56 Å². The molecule has 136 valence electrons. The van der Waals surface area contributed by atoms with E-state index in [2.05, 4.69) is 20.5 Å². The minimum Gasteiger partial charge on any atom is -0.383 e. The maximum Gasteiger partial charge on any atom is 0.329 e. The molecule has 0 amide bonds. The van der Waals surface area contributed by atoms with Crippen LogP contribution in [0.3, 0.4) is 0 Å². The van der Waals surface area contributed by atoms with Crippen molar-refractivity contribution in [3.8, 4) is 0 Å². The van der Waals surface area contributed by atoms with Gasteiger partial charge in [-0.2, -0.15) is 10.1 Å². The molecule has 10 heteroatoms. The first kappa shape index (κ1) is 17.9. The van der Waals surface area contributed by atoms with Crippen molar-refractivity contribution in [2.45, 2.75) is 6.54 Å². The van der Waals surface area contributed by atoms with Gasteiger partial charge in [0.15, 0.2) is 11.2 Å². The molecule has 2 aromatic heterocycles. The zero-order chi connectivity index (χ0) is 18.7. The highest BCUT2D eigenvalue weighted by Crippen LogP contribution is 2.15. The summed E-state index contributed by atoms with van der Waals surface area (Å²) in [5.74, 6) is 0.328. The number of aromatic nitrogens is 4. The van der Waals surface area contributed by atoms with E-state index < -0.39 is 11.2 Å². The minimum atomic E-state index is -0.532. The molecule has 0 aliphatic rings. The van der Waals surface area contributed by atoms with Crippen molar-refractivity contribution < 1.29 is 4.74 Å². The molecule has 0 saturated carbocycles. The van der Waals surface area contributed by atoms with Gasteiger partial charge in [-0.15, -0.1) is 0 Å². The van der Waals surface area contributed by atoms with Gasteiger partial charge in [-0.1, -0.05) is 23.7 Å². The molecule has 2 heterocycles. The number of imidazole rings is 1. The van der Waals surface area contributed by atoms with Crippen molar-refractivity contribution in [2.75, 3.05) is 19.1 Å². The zero-order valence-corrected chi connectivity index (χ0v) is 14.9. The first-order chi connectivity index (χ1) is 12.5. The highest BCUT2D eigenvalue weighted by molar-refractivity contribution is 6.30. The van der Waals surface area contributed by atoms with Gasteiger partial charge in [0.2, 0.25) is 5.95 Å². The number of benzene rings is 1. The Bertz CT molecular complexity index is 1060. The van der Waals surface area contributed by atoms with Gasteiger partial charge in [0.05, 0.1) is 12.8 Å². The molecule has 9 nitrogen and oxygen atoms in total. The Balaban J connectivity index is 1.99. The number of H-pyrrole nitrogens is 1. The molecule has 0 unspecified atom stereocenters. The SMILES string of the molecule is COCCn1c(NN=Cc2ccc(Cl)cc2)nc2c1c(=O)[nH]c(=O)n2C. The standard InChI is InChI=1S/C16H17ClN6O3/c1-22-13-12(14(24)20-16(22)25)23(7-8-26-2)15(19-13)21-18-9-10-3-5-11(17)6-4-10/h3-6,9H,7-8H2,1-2H3,(H,19,21)(H,20,24,25). The van der Waals surface area contributed by atoms with Crippen LogP contribution in [0.15, 0.2) is 39.0 Å². The van der Waals surface area contributed by atoms with Crippen LogP contribution >= 0.6 is 11.6 Å². The van der Waals surface area contributed by atoms with E-state index in [9.17, 15) is 9.59 Å². The number of methoxy groups -OCH3 is 1. The van der Waals surface area contributed by atoms with Crippen LogP contribution in [0.4, 0.5) is 5.95 Å². The first-order valence-corrected chi connectivity index (χ1v) is 8.12. The Morgan fingerprint density at radius 2 is 2.08 bits per heavy atom. The fourth-order valence-corrected chi connectivity index (χ4v) is 2.56. The summed E-state index contributed by atoms with van der Waals surface area (Å²) in [6.07, 6.45) is 1.60. The summed E-state index contributed by atoms with van der Waals surface area (Å²) in [5.41, 5.74) is 3.14. The Morgan fingerprint density at radius 1 is 1.35 bits per heavy atom. The van der Waals surface area contributed by atoms with Crippen molar-refractivity contribution in [1.29, 1.82) is 0 Å². The van der Waals surface area contributed by atoms with Gasteiger partial charge in [-0.05, 0) is 17.7 Å². The van der Waals surface area contributed by atoms with Crippen LogP contribution in [0.1, 0.15) is 5.56 Å². The van der Waals surface area contributed by atoms with E-state index in [1.165, 1.54) is 11.6 Å². The third kappa shape index (κ3) is 3.53. The van der Waals surface area contributed by atoms with Crippen molar-refractivity contribution in [2.24, 2.45) is 12.1 Å². The average molecular weight is 377 g/mol. The van der Waals surface area contributed by atoms with E-state index in [-0.39, 0.29) is 11.2 Å². The lowest BCUT2D eigenvalue weighted by molar-refractivity contribution is 0.188. The van der Waals surface area contributed by atoms with Gasteiger partial charge in [0.1, 0.15) is 0 Å². The molecular weight excluding hydrogens is 360 g/mol. The number of hydrogen-bond acceptors (Lipinski definition) is 6. The van der Waals surface area contributed by atoms with Crippen molar-refractivity contribution in [1.82, 2.24) is 19.1 Å². The Labute approximate surface area is 152 Å². The Hall–Kier alpha value is -2.91. The molecule has 0 bridgehead atoms. The van der Waals surface area contributed by atoms with E-state index in [0.29, 0.717) is 24.1 Å². The van der Waals surface area contributed by atoms with Gasteiger partial charge in [0.25, 0.3) is 5.56 Å². The lowest BCUT2D eigenvalue weighted by atomic mass is 10.2. The molecule has 0 aliphatic carbocycles. The number of fused-ring (bicyclic) bond motifs is 1. The van der Waals surface area contributed by atoms with Crippen molar-refractivity contribution in [3.05, 3.63) is 55.7 Å². The van der Waals surface area contributed by atoms with Crippen LogP contribution in [0, 0.1) is 0 Å². The fraction of sp³-hybridized carbons (Fsp3) is 0.250. The van der Waals surface area contributed by atoms with Crippen molar-refractivity contribution >= 4 is 34.9 Å². The number of aryl methyl sites for hydroxylation is 1. The summed E-state index contributed by atoms with van der Waals surface area (Å²) in [5, 5.41) is 4.78. The quantitative estimate of drug-likeness (QED) is 0.496. The molecule has 3 aromatic rings. The molecule has 26 heavy (non-hydrogen) atoms. The normalized spacial score (nSPS) is 11.5. The largest absolute Gasteiger partial charge is 0.383 e. The van der Waals surface area contributed by atoms with Crippen LogP contribution in [-0.4, -0.2) is 39.0 Å². The first-order valence-electron chi connectivity index (χ1n) is 7.74. The second kappa shape index (κ2) is 7.54. The number of nitrogens with one attached hydrogen (secondary N) is 2. The number of ether oxygens (including phenoxy) is 1. The van der Waals surface area contributed by atoms with Gasteiger partial charge >= 0.3 is 5.69 Å². The zero-order valence-electron chi connectivity index (χ0n) is 14.2. The van der Waals surface area contributed by atoms with Gasteiger partial charge in [-0.3, -0.25) is 14.3 Å².